The van der Waals surface area contributed by atoms with Gasteiger partial charge < -0.3 is 0 Å². The van der Waals surface area contributed by atoms with Crippen molar-refractivity contribution in [1.29, 1.82) is 0 Å². The first-order valence-electron chi connectivity index (χ1n) is 8.76. The van der Waals surface area contributed by atoms with Crippen LogP contribution in [0.2, 0.25) is 0 Å². The molecule has 0 bridgehead atoms. The summed E-state index contributed by atoms with van der Waals surface area (Å²) in [5.74, 6) is 0.539. The second-order valence-corrected chi connectivity index (χ2v) is 8.17. The monoisotopic (exact) mass is 317 g/mol. The highest BCUT2D eigenvalue weighted by molar-refractivity contribution is 5.86. The zero-order valence-electron chi connectivity index (χ0n) is 15.6. The lowest BCUT2D eigenvalue weighted by Gasteiger charge is -2.21. The molecule has 0 aliphatic heterocycles. The minimum atomic E-state index is 0.141. The summed E-state index contributed by atoms with van der Waals surface area (Å²) in [6, 6.07) is 15.7. The molecule has 0 aliphatic rings. The van der Waals surface area contributed by atoms with Crippen molar-refractivity contribution in [3.8, 4) is 11.3 Å². The van der Waals surface area contributed by atoms with E-state index in [0.717, 1.165) is 5.69 Å². The molecule has 0 atom stereocenters. The predicted molar refractivity (Wildman–Crippen MR) is 105 cm³/mol. The van der Waals surface area contributed by atoms with Crippen molar-refractivity contribution in [2.75, 3.05) is 0 Å². The Morgan fingerprint density at radius 2 is 1.62 bits per heavy atom. The van der Waals surface area contributed by atoms with Crippen LogP contribution in [0.25, 0.3) is 22.0 Å². The summed E-state index contributed by atoms with van der Waals surface area (Å²) in [6.07, 6.45) is 1.99. The van der Waals surface area contributed by atoms with Crippen molar-refractivity contribution >= 4 is 10.8 Å². The molecule has 1 heterocycles. The zero-order valence-corrected chi connectivity index (χ0v) is 15.6. The lowest BCUT2D eigenvalue weighted by atomic mass is 9.84. The standard InChI is InChI=1S/C23H27N/c1-15(2)17-7-8-18-14-24-22(13-19(18)11-17)20-9-16(3)10-21(12-20)23(4,5)6/h7-15H,1-6H3. The third kappa shape index (κ3) is 3.36. The summed E-state index contributed by atoms with van der Waals surface area (Å²) in [4.78, 5) is 4.72. The number of hydrogen-bond acceptors (Lipinski definition) is 1. The molecule has 2 aromatic carbocycles. The highest BCUT2D eigenvalue weighted by Crippen LogP contribution is 2.30. The maximum Gasteiger partial charge on any atom is 0.0708 e. The number of benzene rings is 2. The van der Waals surface area contributed by atoms with E-state index in [4.69, 9.17) is 4.98 Å². The Kier molecular flexibility index (Phi) is 4.21. The quantitative estimate of drug-likeness (QED) is 0.517. The van der Waals surface area contributed by atoms with Crippen LogP contribution < -0.4 is 0 Å². The van der Waals surface area contributed by atoms with E-state index in [1.807, 2.05) is 6.20 Å². The third-order valence-corrected chi connectivity index (χ3v) is 4.65. The topological polar surface area (TPSA) is 12.9 Å². The Bertz CT molecular complexity index is 882. The lowest BCUT2D eigenvalue weighted by Crippen LogP contribution is -2.11. The van der Waals surface area contributed by atoms with Gasteiger partial charge in [-0.3, -0.25) is 4.98 Å². The van der Waals surface area contributed by atoms with Crippen molar-refractivity contribution in [1.82, 2.24) is 4.98 Å². The zero-order chi connectivity index (χ0) is 17.5. The highest BCUT2D eigenvalue weighted by Gasteiger charge is 2.15. The molecule has 0 N–H and O–H groups in total. The normalized spacial score (nSPS) is 12.1. The molecule has 1 heteroatoms. The van der Waals surface area contributed by atoms with Crippen molar-refractivity contribution in [3.63, 3.8) is 0 Å². The third-order valence-electron chi connectivity index (χ3n) is 4.65. The Morgan fingerprint density at radius 3 is 2.29 bits per heavy atom. The minimum absolute atomic E-state index is 0.141. The molecular formula is C23H27N. The molecule has 0 spiro atoms. The first kappa shape index (κ1) is 16.7. The van der Waals surface area contributed by atoms with Crippen molar-refractivity contribution in [2.45, 2.75) is 52.9 Å². The van der Waals surface area contributed by atoms with E-state index < -0.39 is 0 Å². The van der Waals surface area contributed by atoms with E-state index in [2.05, 4.69) is 84.0 Å². The number of nitrogens with zero attached hydrogens (tertiary/aromatic N) is 1. The Hall–Kier alpha value is -2.15. The molecule has 3 rings (SSSR count). The fraction of sp³-hybridized carbons (Fsp3) is 0.348. The van der Waals surface area contributed by atoms with Gasteiger partial charge in [-0.1, -0.05) is 64.4 Å². The van der Waals surface area contributed by atoms with Crippen LogP contribution in [0, 0.1) is 6.92 Å². The second kappa shape index (κ2) is 6.05. The summed E-state index contributed by atoms with van der Waals surface area (Å²) in [7, 11) is 0. The number of aryl methyl sites for hydroxylation is 1. The molecule has 0 fully saturated rings. The van der Waals surface area contributed by atoms with Gasteiger partial charge in [-0.25, -0.2) is 0 Å². The van der Waals surface area contributed by atoms with Gasteiger partial charge in [0.1, 0.15) is 0 Å². The van der Waals surface area contributed by atoms with E-state index in [1.54, 1.807) is 0 Å². The minimum Gasteiger partial charge on any atom is -0.256 e. The van der Waals surface area contributed by atoms with Crippen LogP contribution in [0.4, 0.5) is 0 Å². The molecule has 0 amide bonds. The molecule has 0 saturated carbocycles. The van der Waals surface area contributed by atoms with E-state index in [9.17, 15) is 0 Å². The second-order valence-electron chi connectivity index (χ2n) is 8.17. The van der Waals surface area contributed by atoms with Gasteiger partial charge in [0.2, 0.25) is 0 Å². The van der Waals surface area contributed by atoms with Crippen LogP contribution in [0.1, 0.15) is 57.2 Å². The number of hydrogen-bond donors (Lipinski definition) is 0. The SMILES string of the molecule is Cc1cc(-c2cc3cc(C(C)C)ccc3cn2)cc(C(C)(C)C)c1. The average Bonchev–Trinajstić information content (AvgIpc) is 2.52. The number of aromatic nitrogens is 1. The molecule has 0 unspecified atom stereocenters. The maximum atomic E-state index is 4.72. The van der Waals surface area contributed by atoms with Crippen molar-refractivity contribution < 1.29 is 0 Å². The molecule has 124 valence electrons. The van der Waals surface area contributed by atoms with Gasteiger partial charge in [0.25, 0.3) is 0 Å². The van der Waals surface area contributed by atoms with Gasteiger partial charge in [0.05, 0.1) is 5.69 Å². The first-order chi connectivity index (χ1) is 11.2. The summed E-state index contributed by atoms with van der Waals surface area (Å²) in [6.45, 7) is 13.4. The molecular weight excluding hydrogens is 290 g/mol. The summed E-state index contributed by atoms with van der Waals surface area (Å²) >= 11 is 0. The van der Waals surface area contributed by atoms with Crippen LogP contribution in [0.15, 0.2) is 48.7 Å². The molecule has 1 aromatic heterocycles. The predicted octanol–water partition coefficient (Wildman–Crippen LogP) is 6.63. The molecule has 1 nitrogen and oxygen atoms in total. The lowest BCUT2D eigenvalue weighted by molar-refractivity contribution is 0.590. The van der Waals surface area contributed by atoms with Gasteiger partial charge in [0, 0.05) is 17.1 Å². The number of pyridine rings is 1. The summed E-state index contributed by atoms with van der Waals surface area (Å²) in [5, 5.41) is 2.47. The average molecular weight is 317 g/mol. The molecule has 24 heavy (non-hydrogen) atoms. The Labute approximate surface area is 145 Å². The summed E-state index contributed by atoms with van der Waals surface area (Å²) in [5.41, 5.74) is 6.42. The van der Waals surface area contributed by atoms with Crippen LogP contribution in [0.5, 0.6) is 0 Å². The van der Waals surface area contributed by atoms with E-state index in [0.29, 0.717) is 5.92 Å². The number of fused-ring (bicyclic) bond motifs is 1. The molecule has 0 aliphatic carbocycles. The van der Waals surface area contributed by atoms with Crippen molar-refractivity contribution in [2.24, 2.45) is 0 Å². The van der Waals surface area contributed by atoms with E-state index in [-0.39, 0.29) is 5.41 Å². The first-order valence-corrected chi connectivity index (χ1v) is 8.76. The van der Waals surface area contributed by atoms with E-state index >= 15 is 0 Å². The number of rotatable bonds is 2. The maximum absolute atomic E-state index is 4.72. The molecule has 0 saturated heterocycles. The van der Waals surface area contributed by atoms with Gasteiger partial charge in [-0.2, -0.15) is 0 Å². The van der Waals surface area contributed by atoms with Gasteiger partial charge >= 0.3 is 0 Å². The van der Waals surface area contributed by atoms with Crippen molar-refractivity contribution in [3.05, 3.63) is 65.4 Å². The van der Waals surface area contributed by atoms with Crippen LogP contribution >= 0.6 is 0 Å². The Balaban J connectivity index is 2.14. The van der Waals surface area contributed by atoms with Gasteiger partial charge in [-0.05, 0) is 53.0 Å². The van der Waals surface area contributed by atoms with Crippen LogP contribution in [-0.4, -0.2) is 4.98 Å². The van der Waals surface area contributed by atoms with Gasteiger partial charge in [0.15, 0.2) is 0 Å². The smallest absolute Gasteiger partial charge is 0.0708 e. The van der Waals surface area contributed by atoms with Crippen LogP contribution in [-0.2, 0) is 5.41 Å². The van der Waals surface area contributed by atoms with E-state index in [1.165, 1.54) is 33.0 Å². The Morgan fingerprint density at radius 1 is 0.875 bits per heavy atom. The van der Waals surface area contributed by atoms with Crippen LogP contribution in [0.3, 0.4) is 0 Å². The van der Waals surface area contributed by atoms with Gasteiger partial charge in [-0.15, -0.1) is 0 Å². The fourth-order valence-corrected chi connectivity index (χ4v) is 3.04. The largest absolute Gasteiger partial charge is 0.256 e. The highest BCUT2D eigenvalue weighted by atomic mass is 14.7. The molecule has 3 aromatic rings. The molecule has 0 radical (unpaired) electrons. The fourth-order valence-electron chi connectivity index (χ4n) is 3.04. The summed E-state index contributed by atoms with van der Waals surface area (Å²) < 4.78 is 0.